The highest BCUT2D eigenvalue weighted by atomic mass is 35.5. The van der Waals surface area contributed by atoms with Gasteiger partial charge in [-0.3, -0.25) is 4.79 Å². The molecule has 5 heteroatoms. The molecule has 0 aliphatic carbocycles. The lowest BCUT2D eigenvalue weighted by Gasteiger charge is -1.80. The van der Waals surface area contributed by atoms with Crippen LogP contribution in [-0.2, 0) is 9.53 Å². The lowest BCUT2D eigenvalue weighted by atomic mass is 10.7. The molecule has 1 heterocycles. The number of carbonyl (C=O) groups excluding carboxylic acids is 2. The van der Waals surface area contributed by atoms with Crippen LogP contribution in [0.3, 0.4) is 0 Å². The first-order valence-electron chi connectivity index (χ1n) is 2.69. The van der Waals surface area contributed by atoms with Crippen molar-refractivity contribution in [3.05, 3.63) is 0 Å². The van der Waals surface area contributed by atoms with Crippen molar-refractivity contribution in [3.63, 3.8) is 0 Å². The smallest absolute Gasteiger partial charge is 0.407 e. The quantitative estimate of drug-likeness (QED) is 0.532. The highest BCUT2D eigenvalue weighted by Crippen LogP contribution is 1.82. The zero-order valence-electron chi connectivity index (χ0n) is 5.52. The number of hydrogen-bond acceptors (Lipinski definition) is 3. The Labute approximate surface area is 63.5 Å². The second-order valence-corrected chi connectivity index (χ2v) is 2.07. The van der Waals surface area contributed by atoms with Crippen LogP contribution in [0.4, 0.5) is 4.79 Å². The van der Waals surface area contributed by atoms with Crippen LogP contribution in [0, 0.1) is 0 Å². The fourth-order valence-electron chi connectivity index (χ4n) is 0.348. The zero-order valence-corrected chi connectivity index (χ0v) is 6.27. The number of halogens is 1. The van der Waals surface area contributed by atoms with E-state index in [0.717, 1.165) is 0 Å². The van der Waals surface area contributed by atoms with Crippen LogP contribution >= 0.6 is 11.6 Å². The molecule has 0 radical (unpaired) electrons. The first-order chi connectivity index (χ1) is 4.63. The summed E-state index contributed by atoms with van der Waals surface area (Å²) in [6.07, 6.45) is -0.296. The molecule has 1 N–H and O–H groups in total. The monoisotopic (exact) mass is 165 g/mol. The van der Waals surface area contributed by atoms with Crippen LogP contribution in [0.2, 0.25) is 0 Å². The van der Waals surface area contributed by atoms with Gasteiger partial charge in [0.25, 0.3) is 0 Å². The molecular formula is C5H8ClNO3. The summed E-state index contributed by atoms with van der Waals surface area (Å²) >= 11 is 4.64. The summed E-state index contributed by atoms with van der Waals surface area (Å²) in [5.74, 6) is 0. The molecule has 0 atom stereocenters. The Balaban J connectivity index is 0.000000180. The molecule has 0 bridgehead atoms. The number of alkyl carbamates (subject to hydrolysis) is 1. The Morgan fingerprint density at radius 3 is 2.40 bits per heavy atom. The molecule has 0 aromatic heterocycles. The minimum Gasteiger partial charge on any atom is -0.448 e. The largest absolute Gasteiger partial charge is 0.448 e. The number of amides is 1. The molecule has 0 unspecified atom stereocenters. The molecule has 0 aromatic carbocycles. The Morgan fingerprint density at radius 2 is 2.30 bits per heavy atom. The van der Waals surface area contributed by atoms with E-state index in [1.54, 1.807) is 0 Å². The predicted octanol–water partition coefficient (Wildman–Crippen LogP) is 0.498. The maximum atomic E-state index is 9.91. The molecule has 1 saturated heterocycles. The van der Waals surface area contributed by atoms with Crippen molar-refractivity contribution < 1.29 is 14.3 Å². The van der Waals surface area contributed by atoms with Crippen LogP contribution in [0.1, 0.15) is 6.92 Å². The standard InChI is InChI=1S/C3H5NO2.C2H3ClO/c5-3-4-1-2-6-3;1-2(3)4/h1-2H2,(H,4,5);1H3. The van der Waals surface area contributed by atoms with Crippen molar-refractivity contribution in [1.29, 1.82) is 0 Å². The van der Waals surface area contributed by atoms with Gasteiger partial charge in [-0.2, -0.15) is 0 Å². The molecule has 0 saturated carbocycles. The molecule has 1 amide bonds. The summed E-state index contributed by atoms with van der Waals surface area (Å²) in [5.41, 5.74) is 0. The third kappa shape index (κ3) is 7.23. The van der Waals surface area contributed by atoms with Crippen LogP contribution in [0.5, 0.6) is 0 Å². The molecule has 10 heavy (non-hydrogen) atoms. The Morgan fingerprint density at radius 1 is 1.80 bits per heavy atom. The van der Waals surface area contributed by atoms with Gasteiger partial charge in [0.1, 0.15) is 6.61 Å². The van der Waals surface area contributed by atoms with E-state index in [1.807, 2.05) is 0 Å². The number of rotatable bonds is 0. The molecule has 1 aliphatic heterocycles. The van der Waals surface area contributed by atoms with Crippen molar-refractivity contribution in [1.82, 2.24) is 5.32 Å². The second kappa shape index (κ2) is 5.05. The summed E-state index contributed by atoms with van der Waals surface area (Å²) in [6, 6.07) is 0. The van der Waals surface area contributed by atoms with Crippen molar-refractivity contribution in [2.75, 3.05) is 13.2 Å². The highest BCUT2D eigenvalue weighted by Gasteiger charge is 2.06. The molecule has 1 aliphatic rings. The third-order valence-corrected chi connectivity index (χ3v) is 0.605. The molecule has 4 nitrogen and oxygen atoms in total. The highest BCUT2D eigenvalue weighted by molar-refractivity contribution is 6.62. The van der Waals surface area contributed by atoms with E-state index in [4.69, 9.17) is 0 Å². The van der Waals surface area contributed by atoms with E-state index < -0.39 is 0 Å². The topological polar surface area (TPSA) is 55.4 Å². The zero-order chi connectivity index (χ0) is 7.98. The average molecular weight is 166 g/mol. The number of ether oxygens (including phenoxy) is 1. The van der Waals surface area contributed by atoms with Gasteiger partial charge in [0, 0.05) is 6.92 Å². The van der Waals surface area contributed by atoms with E-state index >= 15 is 0 Å². The SMILES string of the molecule is CC(=O)Cl.O=C1NCCO1. The molecule has 0 aromatic rings. The second-order valence-electron chi connectivity index (χ2n) is 1.53. The van der Waals surface area contributed by atoms with Crippen LogP contribution in [0.15, 0.2) is 0 Å². The van der Waals surface area contributed by atoms with Gasteiger partial charge in [0.2, 0.25) is 5.24 Å². The summed E-state index contributed by atoms with van der Waals surface area (Å²) in [5, 5.41) is 2.10. The van der Waals surface area contributed by atoms with Gasteiger partial charge in [-0.15, -0.1) is 0 Å². The number of carbonyl (C=O) groups is 2. The first-order valence-corrected chi connectivity index (χ1v) is 3.07. The van der Waals surface area contributed by atoms with E-state index in [-0.39, 0.29) is 11.3 Å². The van der Waals surface area contributed by atoms with Crippen LogP contribution in [0.25, 0.3) is 0 Å². The number of hydrogen-bond donors (Lipinski definition) is 1. The minimum absolute atomic E-state index is 0.296. The van der Waals surface area contributed by atoms with E-state index in [2.05, 4.69) is 21.7 Å². The van der Waals surface area contributed by atoms with Gasteiger partial charge in [-0.25, -0.2) is 4.79 Å². The molecular weight excluding hydrogens is 158 g/mol. The van der Waals surface area contributed by atoms with Crippen LogP contribution < -0.4 is 5.32 Å². The lowest BCUT2D eigenvalue weighted by molar-refractivity contribution is -0.109. The normalized spacial score (nSPS) is 14.4. The summed E-state index contributed by atoms with van der Waals surface area (Å²) in [4.78, 5) is 19.1. The Hall–Kier alpha value is -0.770. The Bertz CT molecular complexity index is 125. The van der Waals surface area contributed by atoms with Gasteiger partial charge in [0.05, 0.1) is 6.54 Å². The number of nitrogens with one attached hydrogen (secondary N) is 1. The molecule has 0 spiro atoms. The van der Waals surface area contributed by atoms with Crippen molar-refractivity contribution in [3.8, 4) is 0 Å². The lowest BCUT2D eigenvalue weighted by Crippen LogP contribution is -2.11. The molecule has 1 rings (SSSR count). The van der Waals surface area contributed by atoms with E-state index in [0.29, 0.717) is 13.2 Å². The summed E-state index contributed by atoms with van der Waals surface area (Å²) in [7, 11) is 0. The van der Waals surface area contributed by atoms with Gasteiger partial charge >= 0.3 is 6.09 Å². The molecule has 58 valence electrons. The van der Waals surface area contributed by atoms with E-state index in [1.165, 1.54) is 6.92 Å². The van der Waals surface area contributed by atoms with E-state index in [9.17, 15) is 9.59 Å². The fraction of sp³-hybridized carbons (Fsp3) is 0.600. The summed E-state index contributed by atoms with van der Waals surface area (Å²) < 4.78 is 4.40. The first kappa shape index (κ1) is 9.23. The molecule has 1 fully saturated rings. The maximum Gasteiger partial charge on any atom is 0.407 e. The van der Waals surface area contributed by atoms with Crippen molar-refractivity contribution >= 4 is 22.9 Å². The third-order valence-electron chi connectivity index (χ3n) is 0.605. The average Bonchev–Trinajstić information content (AvgIpc) is 2.15. The van der Waals surface area contributed by atoms with Gasteiger partial charge in [-0.1, -0.05) is 0 Å². The van der Waals surface area contributed by atoms with Crippen LogP contribution in [-0.4, -0.2) is 24.5 Å². The van der Waals surface area contributed by atoms with Gasteiger partial charge in [0.15, 0.2) is 0 Å². The van der Waals surface area contributed by atoms with Gasteiger partial charge < -0.3 is 10.1 Å². The minimum atomic E-state index is -0.361. The number of cyclic esters (lactones) is 1. The van der Waals surface area contributed by atoms with Crippen molar-refractivity contribution in [2.24, 2.45) is 0 Å². The summed E-state index contributed by atoms with van der Waals surface area (Å²) in [6.45, 7) is 2.49. The van der Waals surface area contributed by atoms with Crippen molar-refractivity contribution in [2.45, 2.75) is 6.92 Å². The van der Waals surface area contributed by atoms with Gasteiger partial charge in [-0.05, 0) is 11.6 Å². The Kier molecular flexibility index (Phi) is 4.66. The maximum absolute atomic E-state index is 9.91. The fourth-order valence-corrected chi connectivity index (χ4v) is 0.348. The predicted molar refractivity (Wildman–Crippen MR) is 35.9 cm³/mol.